The molecule has 2 atom stereocenters. The summed E-state index contributed by atoms with van der Waals surface area (Å²) in [6, 6.07) is 21.4. The quantitative estimate of drug-likeness (QED) is 0.391. The van der Waals surface area contributed by atoms with Crippen molar-refractivity contribution in [1.82, 2.24) is 10.2 Å². The molecule has 3 aromatic rings. The van der Waals surface area contributed by atoms with Gasteiger partial charge < -0.3 is 10.2 Å². The first kappa shape index (κ1) is 24.8. The maximum absolute atomic E-state index is 13.5. The van der Waals surface area contributed by atoms with Crippen molar-refractivity contribution in [2.75, 3.05) is 0 Å². The van der Waals surface area contributed by atoms with E-state index in [0.717, 1.165) is 28.3 Å². The maximum atomic E-state index is 13.5. The van der Waals surface area contributed by atoms with Gasteiger partial charge in [-0.2, -0.15) is 0 Å². The molecule has 174 valence electrons. The van der Waals surface area contributed by atoms with E-state index in [1.54, 1.807) is 4.90 Å². The highest BCUT2D eigenvalue weighted by atomic mass is 35.5. The van der Waals surface area contributed by atoms with Crippen LogP contribution < -0.4 is 5.32 Å². The summed E-state index contributed by atoms with van der Waals surface area (Å²) in [5.41, 5.74) is 1.98. The molecular weight excluding hydrogens is 432 g/mol. The number of hydrogen-bond acceptors (Lipinski definition) is 2. The van der Waals surface area contributed by atoms with Crippen molar-refractivity contribution in [2.24, 2.45) is 0 Å². The molecule has 0 aliphatic carbocycles. The van der Waals surface area contributed by atoms with Crippen molar-refractivity contribution in [3.05, 3.63) is 82.9 Å². The van der Waals surface area contributed by atoms with Crippen LogP contribution in [0.3, 0.4) is 0 Å². The van der Waals surface area contributed by atoms with Crippen molar-refractivity contribution >= 4 is 34.2 Å². The molecule has 4 nitrogen and oxygen atoms in total. The van der Waals surface area contributed by atoms with Crippen molar-refractivity contribution in [3.8, 4) is 0 Å². The summed E-state index contributed by atoms with van der Waals surface area (Å²) >= 11 is 6.41. The molecule has 0 radical (unpaired) electrons. The number of nitrogens with zero attached hydrogens (tertiary/aromatic N) is 1. The number of fused-ring (bicyclic) bond motifs is 1. The van der Waals surface area contributed by atoms with Crippen molar-refractivity contribution in [3.63, 3.8) is 0 Å². The Morgan fingerprint density at radius 2 is 1.58 bits per heavy atom. The monoisotopic (exact) mass is 464 g/mol. The molecule has 0 aliphatic heterocycles. The fourth-order valence-corrected chi connectivity index (χ4v) is 4.26. The lowest BCUT2D eigenvalue weighted by Gasteiger charge is -2.32. The highest BCUT2D eigenvalue weighted by molar-refractivity contribution is 6.31. The minimum absolute atomic E-state index is 0.0472. The van der Waals surface area contributed by atoms with Crippen LogP contribution in [0.15, 0.2) is 66.7 Å². The first-order chi connectivity index (χ1) is 15.9. The Morgan fingerprint density at radius 1 is 0.909 bits per heavy atom. The molecule has 0 spiro atoms. The predicted molar refractivity (Wildman–Crippen MR) is 136 cm³/mol. The van der Waals surface area contributed by atoms with E-state index in [-0.39, 0.29) is 17.9 Å². The Labute approximate surface area is 201 Å². The van der Waals surface area contributed by atoms with Crippen LogP contribution in [0.1, 0.15) is 51.2 Å². The molecule has 0 fully saturated rings. The van der Waals surface area contributed by atoms with Gasteiger partial charge in [-0.15, -0.1) is 0 Å². The second-order valence-corrected chi connectivity index (χ2v) is 8.90. The first-order valence-electron chi connectivity index (χ1n) is 11.7. The van der Waals surface area contributed by atoms with Crippen LogP contribution in [0, 0.1) is 0 Å². The fourth-order valence-electron chi connectivity index (χ4n) is 4.07. The van der Waals surface area contributed by atoms with Gasteiger partial charge in [0.15, 0.2) is 0 Å². The van der Waals surface area contributed by atoms with Gasteiger partial charge in [-0.05, 0) is 54.2 Å². The zero-order chi connectivity index (χ0) is 23.8. The normalized spacial score (nSPS) is 12.8. The molecule has 3 aromatic carbocycles. The van der Waals surface area contributed by atoms with E-state index >= 15 is 0 Å². The largest absolute Gasteiger partial charge is 0.352 e. The lowest BCUT2D eigenvalue weighted by Crippen LogP contribution is -2.50. The van der Waals surface area contributed by atoms with Crippen LogP contribution >= 0.6 is 11.6 Å². The topological polar surface area (TPSA) is 49.4 Å². The molecule has 33 heavy (non-hydrogen) atoms. The zero-order valence-electron chi connectivity index (χ0n) is 19.7. The van der Waals surface area contributed by atoms with Gasteiger partial charge in [0, 0.05) is 24.0 Å². The average Bonchev–Trinajstić information content (AvgIpc) is 2.83. The molecule has 2 amide bonds. The molecule has 3 rings (SSSR count). The summed E-state index contributed by atoms with van der Waals surface area (Å²) in [4.78, 5) is 28.3. The Balaban J connectivity index is 1.84. The Kier molecular flexibility index (Phi) is 8.90. The molecule has 0 bridgehead atoms. The number of rotatable bonds is 10. The van der Waals surface area contributed by atoms with E-state index in [1.807, 2.05) is 63.2 Å². The van der Waals surface area contributed by atoms with E-state index < -0.39 is 6.04 Å². The fraction of sp³-hybridized carbons (Fsp3) is 0.357. The van der Waals surface area contributed by atoms with Gasteiger partial charge >= 0.3 is 0 Å². The highest BCUT2D eigenvalue weighted by Gasteiger charge is 2.29. The molecule has 0 heterocycles. The Morgan fingerprint density at radius 3 is 2.30 bits per heavy atom. The van der Waals surface area contributed by atoms with E-state index in [4.69, 9.17) is 11.6 Å². The third-order valence-corrected chi connectivity index (χ3v) is 6.54. The summed E-state index contributed by atoms with van der Waals surface area (Å²) in [6.07, 6.45) is 2.31. The van der Waals surface area contributed by atoms with Crippen LogP contribution in [0.2, 0.25) is 5.02 Å². The van der Waals surface area contributed by atoms with Crippen LogP contribution in [0.5, 0.6) is 0 Å². The van der Waals surface area contributed by atoms with Gasteiger partial charge in [-0.25, -0.2) is 0 Å². The second kappa shape index (κ2) is 11.9. The predicted octanol–water partition coefficient (Wildman–Crippen LogP) is 6.15. The van der Waals surface area contributed by atoms with Crippen molar-refractivity contribution < 1.29 is 9.59 Å². The van der Waals surface area contributed by atoms with Crippen LogP contribution in [0.25, 0.3) is 10.8 Å². The van der Waals surface area contributed by atoms with Crippen LogP contribution in [0.4, 0.5) is 0 Å². The summed E-state index contributed by atoms with van der Waals surface area (Å²) < 4.78 is 0. The number of halogens is 1. The van der Waals surface area contributed by atoms with E-state index in [0.29, 0.717) is 30.8 Å². The first-order valence-corrected chi connectivity index (χ1v) is 12.1. The average molecular weight is 465 g/mol. The van der Waals surface area contributed by atoms with Crippen LogP contribution in [-0.2, 0) is 22.6 Å². The van der Waals surface area contributed by atoms with Gasteiger partial charge in [0.05, 0.1) is 0 Å². The highest BCUT2D eigenvalue weighted by Crippen LogP contribution is 2.23. The molecule has 0 unspecified atom stereocenters. The molecule has 5 heteroatoms. The number of hydrogen-bond donors (Lipinski definition) is 1. The van der Waals surface area contributed by atoms with Gasteiger partial charge in [0.1, 0.15) is 6.04 Å². The number of amides is 2. The van der Waals surface area contributed by atoms with Gasteiger partial charge in [0.25, 0.3) is 0 Å². The van der Waals surface area contributed by atoms with Crippen LogP contribution in [-0.4, -0.2) is 28.8 Å². The number of carbonyl (C=O) groups excluding carboxylic acids is 2. The SMILES string of the molecule is CC[C@@H](C)NC(=O)[C@H](CC)N(Cc1ccccc1Cl)C(=O)CCc1cccc2ccccc12. The number of nitrogens with one attached hydrogen (secondary N) is 1. The minimum Gasteiger partial charge on any atom is -0.352 e. The lowest BCUT2D eigenvalue weighted by atomic mass is 10.00. The number of benzene rings is 3. The zero-order valence-corrected chi connectivity index (χ0v) is 20.4. The summed E-state index contributed by atoms with van der Waals surface area (Å²) in [7, 11) is 0. The van der Waals surface area contributed by atoms with E-state index in [1.165, 1.54) is 0 Å². The molecule has 0 saturated carbocycles. The number of aryl methyl sites for hydroxylation is 1. The molecule has 1 N–H and O–H groups in total. The van der Waals surface area contributed by atoms with Gasteiger partial charge in [0.2, 0.25) is 11.8 Å². The van der Waals surface area contributed by atoms with Gasteiger partial charge in [-0.3, -0.25) is 9.59 Å². The Bertz CT molecular complexity index is 1090. The molecule has 0 aromatic heterocycles. The minimum atomic E-state index is -0.546. The van der Waals surface area contributed by atoms with E-state index in [9.17, 15) is 9.59 Å². The molecule has 0 aliphatic rings. The number of carbonyl (C=O) groups is 2. The lowest BCUT2D eigenvalue weighted by molar-refractivity contribution is -0.141. The second-order valence-electron chi connectivity index (χ2n) is 8.49. The molecule has 0 saturated heterocycles. The van der Waals surface area contributed by atoms with Crippen molar-refractivity contribution in [2.45, 2.75) is 65.1 Å². The summed E-state index contributed by atoms with van der Waals surface area (Å²) in [5.74, 6) is -0.161. The summed E-state index contributed by atoms with van der Waals surface area (Å²) in [5, 5.41) is 5.97. The smallest absolute Gasteiger partial charge is 0.243 e. The molecular formula is C28H33ClN2O2. The maximum Gasteiger partial charge on any atom is 0.243 e. The third kappa shape index (κ3) is 6.35. The van der Waals surface area contributed by atoms with E-state index in [2.05, 4.69) is 29.6 Å². The standard InChI is InChI=1S/C28H33ClN2O2/c1-4-20(3)30-28(33)26(5-2)31(19-23-12-7-9-16-25(23)29)27(32)18-17-22-14-10-13-21-11-6-8-15-24(21)22/h6-16,20,26H,4-5,17-19H2,1-3H3,(H,30,33)/t20-,26+/m1/s1. The Hall–Kier alpha value is -2.85. The third-order valence-electron chi connectivity index (χ3n) is 6.17. The van der Waals surface area contributed by atoms with Crippen molar-refractivity contribution in [1.29, 1.82) is 0 Å². The van der Waals surface area contributed by atoms with Gasteiger partial charge in [-0.1, -0.05) is 86.1 Å². The summed E-state index contributed by atoms with van der Waals surface area (Å²) in [6.45, 7) is 6.26.